The van der Waals surface area contributed by atoms with E-state index in [9.17, 15) is 4.79 Å². The third-order valence-electron chi connectivity index (χ3n) is 4.69. The lowest BCUT2D eigenvalue weighted by molar-refractivity contribution is -0.134. The Hall–Kier alpha value is -2.10. The molecule has 0 aliphatic heterocycles. The van der Waals surface area contributed by atoms with Gasteiger partial charge in [-0.3, -0.25) is 4.79 Å². The van der Waals surface area contributed by atoms with Crippen LogP contribution in [0.15, 0.2) is 30.3 Å². The number of nitrogens with zero attached hydrogens (tertiary/aromatic N) is 2. The van der Waals surface area contributed by atoms with Gasteiger partial charge in [0, 0.05) is 24.2 Å². The van der Waals surface area contributed by atoms with Gasteiger partial charge >= 0.3 is 0 Å². The number of carbonyl (C=O) groups excluding carboxylic acids is 1. The van der Waals surface area contributed by atoms with Gasteiger partial charge in [-0.2, -0.15) is 0 Å². The Balaban J connectivity index is 1.68. The van der Waals surface area contributed by atoms with Crippen LogP contribution in [0.1, 0.15) is 37.8 Å². The van der Waals surface area contributed by atoms with E-state index in [-0.39, 0.29) is 12.5 Å². The number of aryl methyl sites for hydroxylation is 1. The fourth-order valence-electron chi connectivity index (χ4n) is 3.25. The van der Waals surface area contributed by atoms with Crippen LogP contribution in [-0.4, -0.2) is 35.5 Å². The SMILES string of the molecule is Cc1ccc2cccc(OCC(=O)N(C)C3CCCCC3)c2n1. The maximum absolute atomic E-state index is 12.4. The summed E-state index contributed by atoms with van der Waals surface area (Å²) in [5.74, 6) is 0.721. The Kier molecular flexibility index (Phi) is 4.79. The molecule has 0 saturated heterocycles. The number of hydrogen-bond donors (Lipinski definition) is 0. The molecule has 1 saturated carbocycles. The van der Waals surface area contributed by atoms with Crippen LogP contribution >= 0.6 is 0 Å². The van der Waals surface area contributed by atoms with Gasteiger partial charge in [-0.1, -0.05) is 37.5 Å². The van der Waals surface area contributed by atoms with Gasteiger partial charge in [0.05, 0.1) is 0 Å². The van der Waals surface area contributed by atoms with Crippen LogP contribution < -0.4 is 4.74 Å². The first-order valence-electron chi connectivity index (χ1n) is 8.40. The quantitative estimate of drug-likeness (QED) is 0.864. The van der Waals surface area contributed by atoms with Crippen LogP contribution in [0, 0.1) is 6.92 Å². The zero-order valence-electron chi connectivity index (χ0n) is 13.9. The number of carbonyl (C=O) groups is 1. The number of fused-ring (bicyclic) bond motifs is 1. The van der Waals surface area contributed by atoms with Gasteiger partial charge in [-0.15, -0.1) is 0 Å². The minimum absolute atomic E-state index is 0.0431. The summed E-state index contributed by atoms with van der Waals surface area (Å²) >= 11 is 0. The molecule has 122 valence electrons. The summed E-state index contributed by atoms with van der Waals surface area (Å²) < 4.78 is 5.79. The summed E-state index contributed by atoms with van der Waals surface area (Å²) in [7, 11) is 1.90. The third kappa shape index (κ3) is 3.63. The smallest absolute Gasteiger partial charge is 0.260 e. The molecule has 0 spiro atoms. The lowest BCUT2D eigenvalue weighted by Crippen LogP contribution is -2.40. The number of para-hydroxylation sites is 1. The zero-order valence-corrected chi connectivity index (χ0v) is 13.9. The molecule has 3 rings (SSSR count). The molecule has 0 atom stereocenters. The lowest BCUT2D eigenvalue weighted by Gasteiger charge is -2.31. The maximum Gasteiger partial charge on any atom is 0.260 e. The average molecular weight is 312 g/mol. The van der Waals surface area contributed by atoms with Crippen LogP contribution in [0.2, 0.25) is 0 Å². The molecular formula is C19H24N2O2. The predicted octanol–water partition coefficient (Wildman–Crippen LogP) is 3.71. The van der Waals surface area contributed by atoms with Crippen molar-refractivity contribution in [3.05, 3.63) is 36.0 Å². The molecule has 4 heteroatoms. The van der Waals surface area contributed by atoms with Crippen LogP contribution in [0.3, 0.4) is 0 Å². The average Bonchev–Trinajstić information content (AvgIpc) is 2.59. The number of aromatic nitrogens is 1. The highest BCUT2D eigenvalue weighted by Gasteiger charge is 2.22. The largest absolute Gasteiger partial charge is 0.481 e. The second-order valence-corrected chi connectivity index (χ2v) is 6.37. The molecule has 1 heterocycles. The zero-order chi connectivity index (χ0) is 16.2. The molecule has 1 amide bonds. The number of pyridine rings is 1. The van der Waals surface area contributed by atoms with Crippen molar-refractivity contribution in [2.24, 2.45) is 0 Å². The highest BCUT2D eigenvalue weighted by Crippen LogP contribution is 2.25. The van der Waals surface area contributed by atoms with Crippen molar-refractivity contribution in [2.75, 3.05) is 13.7 Å². The van der Waals surface area contributed by atoms with Gasteiger partial charge in [0.15, 0.2) is 6.61 Å². The summed E-state index contributed by atoms with van der Waals surface area (Å²) in [6, 6.07) is 10.2. The Morgan fingerprint density at radius 3 is 2.78 bits per heavy atom. The molecule has 0 bridgehead atoms. The maximum atomic E-state index is 12.4. The number of hydrogen-bond acceptors (Lipinski definition) is 3. The molecule has 0 radical (unpaired) electrons. The fourth-order valence-corrected chi connectivity index (χ4v) is 3.25. The van der Waals surface area contributed by atoms with E-state index in [4.69, 9.17) is 4.74 Å². The molecule has 23 heavy (non-hydrogen) atoms. The predicted molar refractivity (Wildman–Crippen MR) is 91.6 cm³/mol. The van der Waals surface area contributed by atoms with Gasteiger partial charge in [0.2, 0.25) is 0 Å². The van der Waals surface area contributed by atoms with E-state index in [2.05, 4.69) is 4.98 Å². The first kappa shape index (κ1) is 15.8. The third-order valence-corrected chi connectivity index (χ3v) is 4.69. The molecule has 1 aromatic heterocycles. The minimum Gasteiger partial charge on any atom is -0.481 e. The van der Waals surface area contributed by atoms with Crippen LogP contribution in [-0.2, 0) is 4.79 Å². The van der Waals surface area contributed by atoms with Gasteiger partial charge in [0.1, 0.15) is 11.3 Å². The summed E-state index contributed by atoms with van der Waals surface area (Å²) in [5, 5.41) is 1.03. The van der Waals surface area contributed by atoms with Crippen LogP contribution in [0.4, 0.5) is 0 Å². The fraction of sp³-hybridized carbons (Fsp3) is 0.474. The van der Waals surface area contributed by atoms with Crippen molar-refractivity contribution in [1.82, 2.24) is 9.88 Å². The molecule has 0 unspecified atom stereocenters. The van der Waals surface area contributed by atoms with Crippen LogP contribution in [0.5, 0.6) is 5.75 Å². The van der Waals surface area contributed by atoms with Crippen molar-refractivity contribution in [2.45, 2.75) is 45.1 Å². The molecule has 1 fully saturated rings. The topological polar surface area (TPSA) is 42.4 Å². The van der Waals surface area contributed by atoms with Gasteiger partial charge in [0.25, 0.3) is 5.91 Å². The number of amides is 1. The normalized spacial score (nSPS) is 15.6. The second-order valence-electron chi connectivity index (χ2n) is 6.37. The standard InChI is InChI=1S/C19H24N2O2/c1-14-11-12-15-7-6-10-17(19(15)20-14)23-13-18(22)21(2)16-8-4-3-5-9-16/h6-7,10-12,16H,3-5,8-9,13H2,1-2H3. The van der Waals surface area contributed by atoms with E-state index in [1.54, 1.807) is 0 Å². The lowest BCUT2D eigenvalue weighted by atomic mass is 9.94. The summed E-state index contributed by atoms with van der Waals surface area (Å²) in [4.78, 5) is 18.8. The van der Waals surface area contributed by atoms with Crippen molar-refractivity contribution >= 4 is 16.8 Å². The Bertz CT molecular complexity index is 693. The number of ether oxygens (including phenoxy) is 1. The van der Waals surface area contributed by atoms with Crippen LogP contribution in [0.25, 0.3) is 10.9 Å². The van der Waals surface area contributed by atoms with E-state index in [1.807, 2.05) is 49.2 Å². The number of likely N-dealkylation sites (N-methyl/N-ethyl adjacent to an activating group) is 1. The summed E-state index contributed by atoms with van der Waals surface area (Å²) in [6.07, 6.45) is 5.94. The molecule has 2 aromatic rings. The molecule has 1 aliphatic rings. The second kappa shape index (κ2) is 6.99. The highest BCUT2D eigenvalue weighted by molar-refractivity contribution is 5.85. The molecule has 1 aliphatic carbocycles. The molecule has 1 aromatic carbocycles. The Morgan fingerprint density at radius 1 is 1.22 bits per heavy atom. The van der Waals surface area contributed by atoms with Crippen molar-refractivity contribution in [3.63, 3.8) is 0 Å². The van der Waals surface area contributed by atoms with Crippen molar-refractivity contribution in [1.29, 1.82) is 0 Å². The summed E-state index contributed by atoms with van der Waals surface area (Å²) in [5.41, 5.74) is 1.76. The van der Waals surface area contributed by atoms with Gasteiger partial charge in [-0.25, -0.2) is 4.98 Å². The number of rotatable bonds is 4. The van der Waals surface area contributed by atoms with E-state index in [0.717, 1.165) is 29.4 Å². The molecule has 4 nitrogen and oxygen atoms in total. The van der Waals surface area contributed by atoms with E-state index >= 15 is 0 Å². The Labute approximate surface area is 137 Å². The molecular weight excluding hydrogens is 288 g/mol. The van der Waals surface area contributed by atoms with E-state index < -0.39 is 0 Å². The van der Waals surface area contributed by atoms with E-state index in [0.29, 0.717) is 11.8 Å². The highest BCUT2D eigenvalue weighted by atomic mass is 16.5. The summed E-state index contributed by atoms with van der Waals surface area (Å²) in [6.45, 7) is 2.03. The van der Waals surface area contributed by atoms with E-state index in [1.165, 1.54) is 19.3 Å². The van der Waals surface area contributed by atoms with Crippen molar-refractivity contribution < 1.29 is 9.53 Å². The Morgan fingerprint density at radius 2 is 2.00 bits per heavy atom. The first-order valence-corrected chi connectivity index (χ1v) is 8.40. The molecule has 0 N–H and O–H groups in total. The van der Waals surface area contributed by atoms with Gasteiger partial charge in [-0.05, 0) is 31.9 Å². The van der Waals surface area contributed by atoms with Crippen molar-refractivity contribution in [3.8, 4) is 5.75 Å². The first-order chi connectivity index (χ1) is 11.1. The number of benzene rings is 1. The van der Waals surface area contributed by atoms with Gasteiger partial charge < -0.3 is 9.64 Å². The monoisotopic (exact) mass is 312 g/mol. The minimum atomic E-state index is 0.0431.